The van der Waals surface area contributed by atoms with Crippen molar-refractivity contribution in [2.45, 2.75) is 38.2 Å². The summed E-state index contributed by atoms with van der Waals surface area (Å²) in [4.78, 5) is 4.23. The van der Waals surface area contributed by atoms with Gasteiger partial charge in [-0.15, -0.1) is 0 Å². The molecule has 0 N–H and O–H groups in total. The standard InChI is InChI=1S/C9H14N2O2/c1-6-10-9(11-13-6)7-3-4-8(5-7)12-2/h7-8H,3-5H2,1-2H3. The first-order valence-corrected chi connectivity index (χ1v) is 4.62. The maximum Gasteiger partial charge on any atom is 0.223 e. The third kappa shape index (κ3) is 1.72. The minimum atomic E-state index is 0.379. The van der Waals surface area contributed by atoms with E-state index in [0.29, 0.717) is 17.9 Å². The number of hydrogen-bond acceptors (Lipinski definition) is 4. The Bertz CT molecular complexity index is 285. The summed E-state index contributed by atoms with van der Waals surface area (Å²) in [5.74, 6) is 1.93. The number of aromatic nitrogens is 2. The Labute approximate surface area is 77.3 Å². The van der Waals surface area contributed by atoms with Gasteiger partial charge in [-0.3, -0.25) is 0 Å². The second kappa shape index (κ2) is 3.46. The summed E-state index contributed by atoms with van der Waals surface area (Å²) in [6.07, 6.45) is 3.62. The van der Waals surface area contributed by atoms with Gasteiger partial charge in [-0.25, -0.2) is 0 Å². The molecule has 1 aromatic heterocycles. The maximum atomic E-state index is 5.28. The van der Waals surface area contributed by atoms with Gasteiger partial charge in [-0.05, 0) is 19.3 Å². The number of rotatable bonds is 2. The molecule has 1 saturated carbocycles. The molecule has 1 aliphatic rings. The van der Waals surface area contributed by atoms with Crippen LogP contribution in [0.4, 0.5) is 0 Å². The molecule has 0 spiro atoms. The number of hydrogen-bond donors (Lipinski definition) is 0. The Morgan fingerprint density at radius 1 is 1.46 bits per heavy atom. The average Bonchev–Trinajstić information content (AvgIpc) is 2.71. The average molecular weight is 182 g/mol. The van der Waals surface area contributed by atoms with E-state index in [1.54, 1.807) is 7.11 Å². The molecule has 13 heavy (non-hydrogen) atoms. The molecule has 2 rings (SSSR count). The van der Waals surface area contributed by atoms with Crippen LogP contribution in [-0.2, 0) is 4.74 Å². The summed E-state index contributed by atoms with van der Waals surface area (Å²) in [7, 11) is 1.76. The van der Waals surface area contributed by atoms with Gasteiger partial charge >= 0.3 is 0 Å². The zero-order valence-electron chi connectivity index (χ0n) is 7.99. The fourth-order valence-electron chi connectivity index (χ4n) is 1.87. The lowest BCUT2D eigenvalue weighted by molar-refractivity contribution is 0.107. The number of nitrogens with zero attached hydrogens (tertiary/aromatic N) is 2. The van der Waals surface area contributed by atoms with Crippen LogP contribution in [0.5, 0.6) is 0 Å². The van der Waals surface area contributed by atoms with Gasteiger partial charge in [0.25, 0.3) is 0 Å². The van der Waals surface area contributed by atoms with Gasteiger partial charge < -0.3 is 9.26 Å². The molecule has 72 valence electrons. The van der Waals surface area contributed by atoms with E-state index in [4.69, 9.17) is 9.26 Å². The molecule has 0 aliphatic heterocycles. The van der Waals surface area contributed by atoms with Crippen molar-refractivity contribution in [2.75, 3.05) is 7.11 Å². The van der Waals surface area contributed by atoms with Crippen molar-refractivity contribution in [3.63, 3.8) is 0 Å². The van der Waals surface area contributed by atoms with Crippen molar-refractivity contribution >= 4 is 0 Å². The molecular formula is C9H14N2O2. The van der Waals surface area contributed by atoms with Crippen molar-refractivity contribution in [3.05, 3.63) is 11.7 Å². The van der Waals surface area contributed by atoms with E-state index in [1.807, 2.05) is 6.92 Å². The van der Waals surface area contributed by atoms with Crippen LogP contribution in [0.1, 0.15) is 36.9 Å². The SMILES string of the molecule is COC1CCC(c2noc(C)n2)C1. The Balaban J connectivity index is 2.03. The fourth-order valence-corrected chi connectivity index (χ4v) is 1.87. The van der Waals surface area contributed by atoms with Crippen molar-refractivity contribution in [2.24, 2.45) is 0 Å². The summed E-state index contributed by atoms with van der Waals surface area (Å²) in [5, 5.41) is 3.92. The minimum absolute atomic E-state index is 0.379. The molecule has 2 atom stereocenters. The third-order valence-electron chi connectivity index (χ3n) is 2.63. The molecular weight excluding hydrogens is 168 g/mol. The predicted octanol–water partition coefficient (Wildman–Crippen LogP) is 1.66. The van der Waals surface area contributed by atoms with Crippen LogP contribution in [0.15, 0.2) is 4.52 Å². The van der Waals surface area contributed by atoms with Crippen molar-refractivity contribution < 1.29 is 9.26 Å². The van der Waals surface area contributed by atoms with E-state index < -0.39 is 0 Å². The Kier molecular flexibility index (Phi) is 2.31. The van der Waals surface area contributed by atoms with Crippen molar-refractivity contribution in [3.8, 4) is 0 Å². The lowest BCUT2D eigenvalue weighted by atomic mass is 10.1. The van der Waals surface area contributed by atoms with E-state index in [2.05, 4.69) is 10.1 Å². The van der Waals surface area contributed by atoms with Gasteiger partial charge in [0, 0.05) is 20.0 Å². The van der Waals surface area contributed by atoms with Crippen molar-refractivity contribution in [1.29, 1.82) is 0 Å². The largest absolute Gasteiger partial charge is 0.381 e. The molecule has 1 fully saturated rings. The van der Waals surface area contributed by atoms with Crippen LogP contribution in [-0.4, -0.2) is 23.4 Å². The first-order valence-electron chi connectivity index (χ1n) is 4.62. The molecule has 1 aromatic rings. The number of methoxy groups -OCH3 is 1. The van der Waals surface area contributed by atoms with Gasteiger partial charge in [0.05, 0.1) is 6.10 Å². The van der Waals surface area contributed by atoms with Gasteiger partial charge in [0.1, 0.15) is 0 Å². The first kappa shape index (κ1) is 8.69. The van der Waals surface area contributed by atoms with Gasteiger partial charge in [-0.1, -0.05) is 5.16 Å². The molecule has 0 amide bonds. The van der Waals surface area contributed by atoms with E-state index in [0.717, 1.165) is 25.1 Å². The predicted molar refractivity (Wildman–Crippen MR) is 46.4 cm³/mol. The van der Waals surface area contributed by atoms with E-state index in [-0.39, 0.29) is 0 Å². The Morgan fingerprint density at radius 3 is 2.85 bits per heavy atom. The summed E-state index contributed by atoms with van der Waals surface area (Å²) < 4.78 is 10.2. The van der Waals surface area contributed by atoms with Gasteiger partial charge in [0.2, 0.25) is 5.89 Å². The lowest BCUT2D eigenvalue weighted by Crippen LogP contribution is -2.04. The molecule has 0 bridgehead atoms. The van der Waals surface area contributed by atoms with Crippen LogP contribution < -0.4 is 0 Å². The molecule has 1 aliphatic carbocycles. The maximum absolute atomic E-state index is 5.28. The number of ether oxygens (including phenoxy) is 1. The van der Waals surface area contributed by atoms with Crippen LogP contribution in [0.3, 0.4) is 0 Å². The van der Waals surface area contributed by atoms with Crippen LogP contribution in [0, 0.1) is 6.92 Å². The molecule has 4 nitrogen and oxygen atoms in total. The van der Waals surface area contributed by atoms with Crippen molar-refractivity contribution in [1.82, 2.24) is 10.1 Å². The van der Waals surface area contributed by atoms with Gasteiger partial charge in [-0.2, -0.15) is 4.98 Å². The number of aryl methyl sites for hydroxylation is 1. The molecule has 0 radical (unpaired) electrons. The summed E-state index contributed by atoms with van der Waals surface area (Å²) >= 11 is 0. The summed E-state index contributed by atoms with van der Waals surface area (Å²) in [6, 6.07) is 0. The van der Waals surface area contributed by atoms with Crippen LogP contribution >= 0.6 is 0 Å². The summed E-state index contributed by atoms with van der Waals surface area (Å²) in [6.45, 7) is 1.82. The molecule has 0 aromatic carbocycles. The highest BCUT2D eigenvalue weighted by Gasteiger charge is 2.28. The lowest BCUT2D eigenvalue weighted by Gasteiger charge is -2.05. The zero-order valence-corrected chi connectivity index (χ0v) is 7.99. The quantitative estimate of drug-likeness (QED) is 0.698. The Hall–Kier alpha value is -0.900. The van der Waals surface area contributed by atoms with Gasteiger partial charge in [0.15, 0.2) is 5.82 Å². The minimum Gasteiger partial charge on any atom is -0.381 e. The van der Waals surface area contributed by atoms with Crippen LogP contribution in [0.2, 0.25) is 0 Å². The second-order valence-corrected chi connectivity index (χ2v) is 3.54. The highest BCUT2D eigenvalue weighted by Crippen LogP contribution is 2.33. The van der Waals surface area contributed by atoms with E-state index >= 15 is 0 Å². The van der Waals surface area contributed by atoms with E-state index in [9.17, 15) is 0 Å². The second-order valence-electron chi connectivity index (χ2n) is 3.54. The normalized spacial score (nSPS) is 28.2. The summed E-state index contributed by atoms with van der Waals surface area (Å²) in [5.41, 5.74) is 0. The topological polar surface area (TPSA) is 48.2 Å². The molecule has 2 unspecified atom stereocenters. The smallest absolute Gasteiger partial charge is 0.223 e. The van der Waals surface area contributed by atoms with E-state index in [1.165, 1.54) is 0 Å². The molecule has 4 heteroatoms. The van der Waals surface area contributed by atoms with Crippen LogP contribution in [0.25, 0.3) is 0 Å². The highest BCUT2D eigenvalue weighted by atomic mass is 16.5. The molecule has 0 saturated heterocycles. The third-order valence-corrected chi connectivity index (χ3v) is 2.63. The Morgan fingerprint density at radius 2 is 2.31 bits per heavy atom. The highest BCUT2D eigenvalue weighted by molar-refractivity contribution is 4.99. The fraction of sp³-hybridized carbons (Fsp3) is 0.778. The first-order chi connectivity index (χ1) is 6.29. The monoisotopic (exact) mass is 182 g/mol. The zero-order chi connectivity index (χ0) is 9.26. The molecule has 1 heterocycles.